The van der Waals surface area contributed by atoms with E-state index in [4.69, 9.17) is 4.74 Å². The van der Waals surface area contributed by atoms with Crippen LogP contribution in [0.4, 0.5) is 0 Å². The molecular formula is C23H22N4O4. The highest BCUT2D eigenvalue weighted by Gasteiger charge is 2.28. The number of carbonyl (C=O) groups excluding carboxylic acids is 2. The van der Waals surface area contributed by atoms with Gasteiger partial charge in [0.15, 0.2) is 0 Å². The van der Waals surface area contributed by atoms with E-state index in [9.17, 15) is 14.4 Å². The number of ether oxygens (including phenoxy) is 1. The van der Waals surface area contributed by atoms with Crippen LogP contribution in [0.5, 0.6) is 5.75 Å². The molecular weight excluding hydrogens is 396 g/mol. The maximum atomic E-state index is 13.3. The minimum absolute atomic E-state index is 0.0789. The summed E-state index contributed by atoms with van der Waals surface area (Å²) in [5.41, 5.74) is 3.06. The fraction of sp³-hybridized carbons (Fsp3) is 0.304. The van der Waals surface area contributed by atoms with Crippen LogP contribution in [0.15, 0.2) is 41.2 Å². The molecule has 2 aromatic carbocycles. The highest BCUT2D eigenvalue weighted by Crippen LogP contribution is 2.33. The number of hydrogen-bond acceptors (Lipinski definition) is 5. The normalized spacial score (nSPS) is 15.6. The number of aromatic amines is 1. The molecule has 0 unspecified atom stereocenters. The zero-order chi connectivity index (χ0) is 21.4. The fourth-order valence-electron chi connectivity index (χ4n) is 4.34. The summed E-state index contributed by atoms with van der Waals surface area (Å²) in [6.45, 7) is 2.62. The number of amides is 2. The van der Waals surface area contributed by atoms with Crippen LogP contribution < -0.4 is 10.3 Å². The first-order valence-electron chi connectivity index (χ1n) is 10.4. The minimum atomic E-state index is -0.216. The van der Waals surface area contributed by atoms with Crippen molar-refractivity contribution in [1.82, 2.24) is 20.0 Å². The third-order valence-corrected chi connectivity index (χ3v) is 5.97. The summed E-state index contributed by atoms with van der Waals surface area (Å²) in [6, 6.07) is 11.3. The lowest BCUT2D eigenvalue weighted by Crippen LogP contribution is -2.48. The SMILES string of the molecule is O=CN1CCN(C(=O)c2cc(Cc3n[nH]c(=O)c4ccccc34)cc3c2OCC3)CC1. The van der Waals surface area contributed by atoms with E-state index in [0.717, 1.165) is 35.0 Å². The molecule has 5 rings (SSSR count). The average molecular weight is 418 g/mol. The van der Waals surface area contributed by atoms with Crippen molar-refractivity contribution >= 4 is 23.1 Å². The molecule has 0 saturated carbocycles. The number of nitrogens with one attached hydrogen (secondary N) is 1. The van der Waals surface area contributed by atoms with E-state index in [2.05, 4.69) is 16.3 Å². The van der Waals surface area contributed by atoms with Crippen molar-refractivity contribution in [3.63, 3.8) is 0 Å². The molecule has 1 aromatic heterocycles. The van der Waals surface area contributed by atoms with Gasteiger partial charge < -0.3 is 14.5 Å². The van der Waals surface area contributed by atoms with E-state index >= 15 is 0 Å². The van der Waals surface area contributed by atoms with Crippen molar-refractivity contribution in [2.24, 2.45) is 0 Å². The largest absolute Gasteiger partial charge is 0.492 e. The highest BCUT2D eigenvalue weighted by molar-refractivity contribution is 5.98. The number of aromatic nitrogens is 2. The molecule has 0 atom stereocenters. The van der Waals surface area contributed by atoms with Crippen molar-refractivity contribution in [3.8, 4) is 5.75 Å². The highest BCUT2D eigenvalue weighted by atomic mass is 16.5. The van der Waals surface area contributed by atoms with E-state index in [1.807, 2.05) is 24.3 Å². The molecule has 2 aliphatic heterocycles. The van der Waals surface area contributed by atoms with Gasteiger partial charge in [0.1, 0.15) is 5.75 Å². The van der Waals surface area contributed by atoms with Crippen LogP contribution in [0.1, 0.15) is 27.2 Å². The molecule has 0 radical (unpaired) electrons. The number of carbonyl (C=O) groups is 2. The van der Waals surface area contributed by atoms with Gasteiger partial charge in [0, 0.05) is 44.4 Å². The van der Waals surface area contributed by atoms with E-state index in [0.29, 0.717) is 55.9 Å². The van der Waals surface area contributed by atoms with Gasteiger partial charge in [0.25, 0.3) is 11.5 Å². The number of nitrogens with zero attached hydrogens (tertiary/aromatic N) is 3. The Kier molecular flexibility index (Phi) is 4.89. The molecule has 0 aliphatic carbocycles. The molecule has 158 valence electrons. The molecule has 31 heavy (non-hydrogen) atoms. The summed E-state index contributed by atoms with van der Waals surface area (Å²) in [7, 11) is 0. The van der Waals surface area contributed by atoms with Gasteiger partial charge in [-0.2, -0.15) is 5.10 Å². The van der Waals surface area contributed by atoms with E-state index < -0.39 is 0 Å². The Morgan fingerprint density at radius 2 is 1.90 bits per heavy atom. The second-order valence-corrected chi connectivity index (χ2v) is 7.89. The third-order valence-electron chi connectivity index (χ3n) is 5.97. The third kappa shape index (κ3) is 3.54. The van der Waals surface area contributed by atoms with Gasteiger partial charge in [0.05, 0.1) is 23.3 Å². The lowest BCUT2D eigenvalue weighted by molar-refractivity contribution is -0.119. The van der Waals surface area contributed by atoms with Gasteiger partial charge in [-0.3, -0.25) is 14.4 Å². The van der Waals surface area contributed by atoms with Gasteiger partial charge in [-0.1, -0.05) is 24.3 Å². The monoisotopic (exact) mass is 418 g/mol. The van der Waals surface area contributed by atoms with Crippen molar-refractivity contribution in [3.05, 3.63) is 69.1 Å². The maximum absolute atomic E-state index is 13.3. The zero-order valence-corrected chi connectivity index (χ0v) is 17.0. The summed E-state index contributed by atoms with van der Waals surface area (Å²) in [5.74, 6) is 0.579. The molecule has 1 fully saturated rings. The first kappa shape index (κ1) is 19.3. The summed E-state index contributed by atoms with van der Waals surface area (Å²) in [5, 5.41) is 8.26. The Balaban J connectivity index is 1.49. The predicted octanol–water partition coefficient (Wildman–Crippen LogP) is 1.36. The smallest absolute Gasteiger partial charge is 0.272 e. The molecule has 2 amide bonds. The van der Waals surface area contributed by atoms with Crippen LogP contribution in [0.25, 0.3) is 10.8 Å². The molecule has 1 N–H and O–H groups in total. The Morgan fingerprint density at radius 3 is 2.68 bits per heavy atom. The first-order valence-corrected chi connectivity index (χ1v) is 10.4. The van der Waals surface area contributed by atoms with Crippen LogP contribution in [-0.2, 0) is 17.6 Å². The van der Waals surface area contributed by atoms with Gasteiger partial charge >= 0.3 is 0 Å². The summed E-state index contributed by atoms with van der Waals surface area (Å²) in [6.07, 6.45) is 2.07. The molecule has 8 heteroatoms. The molecule has 1 saturated heterocycles. The lowest BCUT2D eigenvalue weighted by Gasteiger charge is -2.32. The van der Waals surface area contributed by atoms with Gasteiger partial charge in [-0.05, 0) is 23.3 Å². The Morgan fingerprint density at radius 1 is 1.13 bits per heavy atom. The van der Waals surface area contributed by atoms with Crippen molar-refractivity contribution in [2.45, 2.75) is 12.8 Å². The topological polar surface area (TPSA) is 95.6 Å². The molecule has 0 bridgehead atoms. The first-order chi connectivity index (χ1) is 15.1. The number of fused-ring (bicyclic) bond motifs is 2. The summed E-state index contributed by atoms with van der Waals surface area (Å²) < 4.78 is 5.80. The Labute approximate surface area is 178 Å². The number of hydrogen-bond donors (Lipinski definition) is 1. The number of rotatable bonds is 4. The number of piperazine rings is 1. The summed E-state index contributed by atoms with van der Waals surface area (Å²) >= 11 is 0. The Hall–Kier alpha value is -3.68. The number of H-pyrrole nitrogens is 1. The van der Waals surface area contributed by atoms with Crippen LogP contribution in [0, 0.1) is 0 Å². The van der Waals surface area contributed by atoms with Crippen LogP contribution in [-0.4, -0.2) is 65.1 Å². The van der Waals surface area contributed by atoms with Crippen molar-refractivity contribution in [2.75, 3.05) is 32.8 Å². The predicted molar refractivity (Wildman–Crippen MR) is 114 cm³/mol. The lowest BCUT2D eigenvalue weighted by atomic mass is 9.98. The number of benzene rings is 2. The minimum Gasteiger partial charge on any atom is -0.492 e. The molecule has 2 aliphatic rings. The van der Waals surface area contributed by atoms with Crippen LogP contribution >= 0.6 is 0 Å². The van der Waals surface area contributed by atoms with Gasteiger partial charge in [-0.25, -0.2) is 5.10 Å². The fourth-order valence-corrected chi connectivity index (χ4v) is 4.34. The van der Waals surface area contributed by atoms with Crippen molar-refractivity contribution < 1.29 is 14.3 Å². The second-order valence-electron chi connectivity index (χ2n) is 7.89. The standard InChI is InChI=1S/C23H22N4O4/c28-14-26-6-8-27(9-7-26)23(30)19-12-15(11-16-5-10-31-21(16)19)13-20-17-3-1-2-4-18(17)22(29)25-24-20/h1-4,11-12,14H,5-10,13H2,(H,25,29). The van der Waals surface area contributed by atoms with E-state index in [1.165, 1.54) is 0 Å². The van der Waals surface area contributed by atoms with Gasteiger partial charge in [0.2, 0.25) is 6.41 Å². The Bertz CT molecular complexity index is 1230. The van der Waals surface area contributed by atoms with E-state index in [1.54, 1.807) is 15.9 Å². The second kappa shape index (κ2) is 7.86. The van der Waals surface area contributed by atoms with E-state index in [-0.39, 0.29) is 11.5 Å². The average Bonchev–Trinajstić information content (AvgIpc) is 3.29. The maximum Gasteiger partial charge on any atom is 0.272 e. The van der Waals surface area contributed by atoms with Crippen molar-refractivity contribution in [1.29, 1.82) is 0 Å². The zero-order valence-electron chi connectivity index (χ0n) is 17.0. The quantitative estimate of drug-likeness (QED) is 0.646. The molecule has 3 heterocycles. The molecule has 3 aromatic rings. The summed E-state index contributed by atoms with van der Waals surface area (Å²) in [4.78, 5) is 39.8. The van der Waals surface area contributed by atoms with Gasteiger partial charge in [-0.15, -0.1) is 0 Å². The molecule has 8 nitrogen and oxygen atoms in total. The van der Waals surface area contributed by atoms with Crippen LogP contribution in [0.3, 0.4) is 0 Å². The van der Waals surface area contributed by atoms with Crippen LogP contribution in [0.2, 0.25) is 0 Å². The molecule has 0 spiro atoms.